The second kappa shape index (κ2) is 8.34. The molecule has 2 amide bonds. The predicted molar refractivity (Wildman–Crippen MR) is 92.2 cm³/mol. The van der Waals surface area contributed by atoms with Gasteiger partial charge in [0.15, 0.2) is 0 Å². The van der Waals surface area contributed by atoms with Gasteiger partial charge >= 0.3 is 0 Å². The number of nitrogens with one attached hydrogen (secondary N) is 1. The third-order valence-corrected chi connectivity index (χ3v) is 5.76. The van der Waals surface area contributed by atoms with Gasteiger partial charge in [-0.05, 0) is 43.9 Å². The van der Waals surface area contributed by atoms with Crippen LogP contribution in [0.3, 0.4) is 0 Å². The molecule has 6 heteroatoms. The van der Waals surface area contributed by atoms with Crippen molar-refractivity contribution in [3.05, 3.63) is 0 Å². The fourth-order valence-corrected chi connectivity index (χ4v) is 4.50. The van der Waals surface area contributed by atoms with E-state index in [9.17, 15) is 9.59 Å². The van der Waals surface area contributed by atoms with Crippen LogP contribution in [0.2, 0.25) is 0 Å². The third kappa shape index (κ3) is 4.18. The maximum Gasteiger partial charge on any atom is 0.226 e. The van der Waals surface area contributed by atoms with Crippen molar-refractivity contribution in [2.45, 2.75) is 57.4 Å². The summed E-state index contributed by atoms with van der Waals surface area (Å²) in [6.07, 6.45) is 8.70. The standard InChI is InChI=1S/C17H29N3O2.ClH/c18-9-8-15(21)19-11-12-5-3-4-10-20(12)17(22)16-13-6-1-2-7-14(13)16;/h12-14,16H,1-11,18H2,(H,19,21);1H. The molecule has 0 aromatic carbocycles. The molecule has 23 heavy (non-hydrogen) atoms. The van der Waals surface area contributed by atoms with Gasteiger partial charge in [-0.1, -0.05) is 12.8 Å². The number of fused-ring (bicyclic) bond motifs is 1. The Hall–Kier alpha value is -0.810. The van der Waals surface area contributed by atoms with Crippen molar-refractivity contribution in [1.82, 2.24) is 10.2 Å². The highest BCUT2D eigenvalue weighted by Gasteiger charge is 2.56. The molecular formula is C17H30ClN3O2. The van der Waals surface area contributed by atoms with Gasteiger partial charge in [0.2, 0.25) is 11.8 Å². The van der Waals surface area contributed by atoms with Gasteiger partial charge in [-0.15, -0.1) is 12.4 Å². The number of rotatable bonds is 5. The number of likely N-dealkylation sites (tertiary alicyclic amines) is 1. The van der Waals surface area contributed by atoms with E-state index < -0.39 is 0 Å². The lowest BCUT2D eigenvalue weighted by Gasteiger charge is -2.36. The van der Waals surface area contributed by atoms with Crippen LogP contribution in [0.15, 0.2) is 0 Å². The monoisotopic (exact) mass is 343 g/mol. The quantitative estimate of drug-likeness (QED) is 0.797. The second-order valence-corrected chi connectivity index (χ2v) is 7.16. The van der Waals surface area contributed by atoms with Crippen LogP contribution in [0.5, 0.6) is 0 Å². The average Bonchev–Trinajstić information content (AvgIpc) is 3.27. The zero-order valence-electron chi connectivity index (χ0n) is 13.8. The molecule has 5 nitrogen and oxygen atoms in total. The first kappa shape index (κ1) is 18.5. The first-order valence-corrected chi connectivity index (χ1v) is 8.99. The van der Waals surface area contributed by atoms with Crippen LogP contribution in [0, 0.1) is 17.8 Å². The van der Waals surface area contributed by atoms with E-state index in [1.54, 1.807) is 0 Å². The number of halogens is 1. The van der Waals surface area contributed by atoms with E-state index in [1.165, 1.54) is 25.7 Å². The van der Waals surface area contributed by atoms with Gasteiger partial charge in [0.05, 0.1) is 0 Å². The topological polar surface area (TPSA) is 75.4 Å². The van der Waals surface area contributed by atoms with Crippen molar-refractivity contribution in [3.63, 3.8) is 0 Å². The fraction of sp³-hybridized carbons (Fsp3) is 0.882. The van der Waals surface area contributed by atoms with Crippen LogP contribution >= 0.6 is 12.4 Å². The van der Waals surface area contributed by atoms with Gasteiger partial charge in [-0.3, -0.25) is 9.59 Å². The number of piperidine rings is 1. The summed E-state index contributed by atoms with van der Waals surface area (Å²) in [5.41, 5.74) is 5.40. The molecule has 3 fully saturated rings. The molecule has 0 aromatic rings. The maximum absolute atomic E-state index is 12.9. The summed E-state index contributed by atoms with van der Waals surface area (Å²) in [5, 5.41) is 2.95. The highest BCUT2D eigenvalue weighted by Crippen LogP contribution is 2.56. The summed E-state index contributed by atoms with van der Waals surface area (Å²) in [6, 6.07) is 0.186. The largest absolute Gasteiger partial charge is 0.354 e. The number of hydrogen-bond acceptors (Lipinski definition) is 3. The van der Waals surface area contributed by atoms with Gasteiger partial charge in [0.1, 0.15) is 0 Å². The average molecular weight is 344 g/mol. The fourth-order valence-electron chi connectivity index (χ4n) is 4.50. The molecule has 0 aromatic heterocycles. The zero-order valence-corrected chi connectivity index (χ0v) is 14.7. The SMILES string of the molecule is Cl.NCCC(=O)NCC1CCCCN1C(=O)C1C2CCCCC21. The minimum atomic E-state index is 0. The molecule has 1 aliphatic heterocycles. The Bertz CT molecular complexity index is 420. The summed E-state index contributed by atoms with van der Waals surface area (Å²) in [4.78, 5) is 26.6. The number of carbonyl (C=O) groups excluding carboxylic acids is 2. The van der Waals surface area contributed by atoms with Gasteiger partial charge in [-0.25, -0.2) is 0 Å². The van der Waals surface area contributed by atoms with Crippen LogP contribution in [0.4, 0.5) is 0 Å². The van der Waals surface area contributed by atoms with E-state index in [2.05, 4.69) is 10.2 Å². The molecule has 132 valence electrons. The van der Waals surface area contributed by atoms with Crippen molar-refractivity contribution in [1.29, 1.82) is 0 Å². The number of nitrogens with two attached hydrogens (primary N) is 1. The Balaban J connectivity index is 0.00000192. The van der Waals surface area contributed by atoms with Crippen LogP contribution in [0.1, 0.15) is 51.4 Å². The predicted octanol–water partition coefficient (Wildman–Crippen LogP) is 1.69. The van der Waals surface area contributed by atoms with E-state index in [1.807, 2.05) is 0 Å². The van der Waals surface area contributed by atoms with Crippen molar-refractivity contribution in [2.75, 3.05) is 19.6 Å². The van der Waals surface area contributed by atoms with E-state index in [4.69, 9.17) is 5.73 Å². The van der Waals surface area contributed by atoms with Crippen LogP contribution in [-0.2, 0) is 9.59 Å². The van der Waals surface area contributed by atoms with Gasteiger partial charge < -0.3 is 16.0 Å². The first-order valence-electron chi connectivity index (χ1n) is 8.99. The first-order chi connectivity index (χ1) is 10.7. The molecule has 1 saturated heterocycles. The molecular weight excluding hydrogens is 314 g/mol. The lowest BCUT2D eigenvalue weighted by molar-refractivity contribution is -0.137. The molecule has 2 aliphatic carbocycles. The number of hydrogen-bond donors (Lipinski definition) is 2. The second-order valence-electron chi connectivity index (χ2n) is 7.16. The smallest absolute Gasteiger partial charge is 0.226 e. The van der Waals surface area contributed by atoms with Gasteiger partial charge in [0.25, 0.3) is 0 Å². The van der Waals surface area contributed by atoms with Crippen LogP contribution < -0.4 is 11.1 Å². The third-order valence-electron chi connectivity index (χ3n) is 5.76. The lowest BCUT2D eigenvalue weighted by Crippen LogP contribution is -2.50. The maximum atomic E-state index is 12.9. The van der Waals surface area contributed by atoms with E-state index in [0.717, 1.165) is 25.8 Å². The Labute approximate surface area is 145 Å². The molecule has 2 saturated carbocycles. The van der Waals surface area contributed by atoms with E-state index in [0.29, 0.717) is 43.2 Å². The minimum Gasteiger partial charge on any atom is -0.354 e. The van der Waals surface area contributed by atoms with Crippen LogP contribution in [0.25, 0.3) is 0 Å². The Morgan fingerprint density at radius 1 is 1.04 bits per heavy atom. The molecule has 3 aliphatic rings. The molecule has 3 unspecified atom stereocenters. The van der Waals surface area contributed by atoms with Crippen molar-refractivity contribution in [3.8, 4) is 0 Å². The number of amides is 2. The Morgan fingerprint density at radius 2 is 1.70 bits per heavy atom. The summed E-state index contributed by atoms with van der Waals surface area (Å²) in [7, 11) is 0. The Morgan fingerprint density at radius 3 is 2.35 bits per heavy atom. The van der Waals surface area contributed by atoms with Gasteiger partial charge in [0, 0.05) is 38.0 Å². The van der Waals surface area contributed by atoms with Crippen LogP contribution in [-0.4, -0.2) is 42.4 Å². The molecule has 1 heterocycles. The van der Waals surface area contributed by atoms with Crippen molar-refractivity contribution >= 4 is 24.2 Å². The van der Waals surface area contributed by atoms with Gasteiger partial charge in [-0.2, -0.15) is 0 Å². The molecule has 0 spiro atoms. The summed E-state index contributed by atoms with van der Waals surface area (Å²) < 4.78 is 0. The Kier molecular flexibility index (Phi) is 6.72. The number of nitrogens with zero attached hydrogens (tertiary/aromatic N) is 1. The molecule has 3 rings (SSSR count). The lowest BCUT2D eigenvalue weighted by atomic mass is 10.0. The summed E-state index contributed by atoms with van der Waals surface area (Å²) >= 11 is 0. The summed E-state index contributed by atoms with van der Waals surface area (Å²) in [5.74, 6) is 1.99. The molecule has 0 radical (unpaired) electrons. The molecule has 0 bridgehead atoms. The normalized spacial score (nSPS) is 32.5. The van der Waals surface area contributed by atoms with E-state index in [-0.39, 0.29) is 24.4 Å². The minimum absolute atomic E-state index is 0. The van der Waals surface area contributed by atoms with Crippen molar-refractivity contribution in [2.24, 2.45) is 23.5 Å². The summed E-state index contributed by atoms with van der Waals surface area (Å²) in [6.45, 7) is 1.84. The highest BCUT2D eigenvalue weighted by molar-refractivity contribution is 5.85. The highest BCUT2D eigenvalue weighted by atomic mass is 35.5. The molecule has 3 N–H and O–H groups in total. The zero-order chi connectivity index (χ0) is 15.5. The number of carbonyl (C=O) groups is 2. The van der Waals surface area contributed by atoms with E-state index >= 15 is 0 Å². The van der Waals surface area contributed by atoms with Crippen molar-refractivity contribution < 1.29 is 9.59 Å². The molecule has 3 atom stereocenters.